The lowest BCUT2D eigenvalue weighted by Crippen LogP contribution is -2.14. The van der Waals surface area contributed by atoms with Gasteiger partial charge >= 0.3 is 0 Å². The van der Waals surface area contributed by atoms with Gasteiger partial charge in [0, 0.05) is 11.9 Å². The Morgan fingerprint density at radius 2 is 2.05 bits per heavy atom. The predicted molar refractivity (Wildman–Crippen MR) is 77.4 cm³/mol. The van der Waals surface area contributed by atoms with Crippen molar-refractivity contribution in [3.63, 3.8) is 0 Å². The van der Waals surface area contributed by atoms with Crippen LogP contribution in [-0.4, -0.2) is 18.1 Å². The van der Waals surface area contributed by atoms with Gasteiger partial charge in [0.2, 0.25) is 5.88 Å². The zero-order valence-corrected chi connectivity index (χ0v) is 11.4. The highest BCUT2D eigenvalue weighted by atomic mass is 16.5. The molecular formula is C16H20N2O. The molecule has 2 aromatic rings. The molecule has 19 heavy (non-hydrogen) atoms. The van der Waals surface area contributed by atoms with Crippen LogP contribution in [0.5, 0.6) is 5.88 Å². The highest BCUT2D eigenvalue weighted by Crippen LogP contribution is 2.29. The molecule has 0 saturated heterocycles. The molecule has 0 radical (unpaired) electrons. The average molecular weight is 256 g/mol. The van der Waals surface area contributed by atoms with Gasteiger partial charge < -0.3 is 10.1 Å². The summed E-state index contributed by atoms with van der Waals surface area (Å²) in [5.74, 6) is 0.801. The number of nitrogens with zero attached hydrogens (tertiary/aromatic N) is 1. The molecule has 1 aliphatic carbocycles. The summed E-state index contributed by atoms with van der Waals surface area (Å²) in [4.78, 5) is 4.67. The van der Waals surface area contributed by atoms with Gasteiger partial charge in [-0.05, 0) is 50.2 Å². The van der Waals surface area contributed by atoms with Crippen LogP contribution in [0, 0.1) is 0 Å². The predicted octanol–water partition coefficient (Wildman–Crippen LogP) is 3.28. The van der Waals surface area contributed by atoms with Crippen molar-refractivity contribution in [2.75, 3.05) is 7.05 Å². The van der Waals surface area contributed by atoms with Crippen LogP contribution in [0.1, 0.15) is 31.4 Å². The van der Waals surface area contributed by atoms with Gasteiger partial charge in [0.15, 0.2) is 0 Å². The molecule has 0 unspecified atom stereocenters. The second kappa shape index (κ2) is 5.57. The third-order valence-corrected chi connectivity index (χ3v) is 3.70. The fourth-order valence-corrected chi connectivity index (χ4v) is 2.75. The van der Waals surface area contributed by atoms with Crippen LogP contribution >= 0.6 is 0 Å². The van der Waals surface area contributed by atoms with E-state index in [2.05, 4.69) is 34.6 Å². The fourth-order valence-electron chi connectivity index (χ4n) is 2.75. The van der Waals surface area contributed by atoms with Gasteiger partial charge in [0.1, 0.15) is 6.10 Å². The van der Waals surface area contributed by atoms with E-state index in [1.165, 1.54) is 18.2 Å². The summed E-state index contributed by atoms with van der Waals surface area (Å²) in [7, 11) is 1.94. The van der Waals surface area contributed by atoms with Crippen LogP contribution in [0.25, 0.3) is 10.8 Å². The fraction of sp³-hybridized carbons (Fsp3) is 0.438. The molecule has 3 nitrogen and oxygen atoms in total. The van der Waals surface area contributed by atoms with Crippen LogP contribution in [0.4, 0.5) is 0 Å². The molecule has 1 aliphatic rings. The summed E-state index contributed by atoms with van der Waals surface area (Å²) in [5.41, 5.74) is 1.04. The summed E-state index contributed by atoms with van der Waals surface area (Å²) < 4.78 is 6.14. The number of rotatable bonds is 4. The minimum Gasteiger partial charge on any atom is -0.474 e. The van der Waals surface area contributed by atoms with Gasteiger partial charge in [-0.25, -0.2) is 4.98 Å². The minimum atomic E-state index is 0.348. The molecule has 1 fully saturated rings. The first-order valence-electron chi connectivity index (χ1n) is 7.07. The van der Waals surface area contributed by atoms with Crippen molar-refractivity contribution >= 4 is 10.8 Å². The van der Waals surface area contributed by atoms with Crippen molar-refractivity contribution in [1.82, 2.24) is 10.3 Å². The van der Waals surface area contributed by atoms with E-state index in [-0.39, 0.29) is 0 Å². The third kappa shape index (κ3) is 2.71. The Bertz CT molecular complexity index is 562. The minimum absolute atomic E-state index is 0.348. The Labute approximate surface area is 114 Å². The molecule has 100 valence electrons. The number of hydrogen-bond acceptors (Lipinski definition) is 3. The van der Waals surface area contributed by atoms with E-state index in [4.69, 9.17) is 4.74 Å². The van der Waals surface area contributed by atoms with E-state index >= 15 is 0 Å². The van der Waals surface area contributed by atoms with E-state index in [1.54, 1.807) is 0 Å². The third-order valence-electron chi connectivity index (χ3n) is 3.70. The van der Waals surface area contributed by atoms with Gasteiger partial charge in [0.05, 0.1) is 5.69 Å². The highest BCUT2D eigenvalue weighted by Gasteiger charge is 2.18. The average Bonchev–Trinajstić information content (AvgIpc) is 2.92. The molecule has 1 saturated carbocycles. The van der Waals surface area contributed by atoms with Crippen molar-refractivity contribution in [2.45, 2.75) is 38.3 Å². The van der Waals surface area contributed by atoms with E-state index in [1.807, 2.05) is 13.1 Å². The van der Waals surface area contributed by atoms with E-state index < -0.39 is 0 Å². The van der Waals surface area contributed by atoms with Crippen molar-refractivity contribution in [1.29, 1.82) is 0 Å². The van der Waals surface area contributed by atoms with Crippen molar-refractivity contribution in [3.05, 3.63) is 36.0 Å². The Morgan fingerprint density at radius 3 is 2.84 bits per heavy atom. The van der Waals surface area contributed by atoms with Gasteiger partial charge in [0.25, 0.3) is 0 Å². The zero-order chi connectivity index (χ0) is 13.1. The quantitative estimate of drug-likeness (QED) is 0.911. The molecular weight excluding hydrogens is 236 g/mol. The molecule has 1 aromatic carbocycles. The number of benzene rings is 1. The molecule has 0 aliphatic heterocycles. The SMILES string of the molecule is CNCc1cc2ccccc2c(OC2CCCC2)n1. The Kier molecular flexibility index (Phi) is 3.65. The maximum absolute atomic E-state index is 6.14. The first-order chi connectivity index (χ1) is 9.36. The molecule has 0 amide bonds. The van der Waals surface area contributed by atoms with Gasteiger partial charge in [-0.3, -0.25) is 0 Å². The summed E-state index contributed by atoms with van der Waals surface area (Å²) in [5, 5.41) is 5.48. The molecule has 3 rings (SSSR count). The molecule has 0 bridgehead atoms. The molecule has 1 aromatic heterocycles. The Hall–Kier alpha value is -1.61. The summed E-state index contributed by atoms with van der Waals surface area (Å²) in [6, 6.07) is 10.5. The van der Waals surface area contributed by atoms with Crippen LogP contribution in [0.15, 0.2) is 30.3 Å². The maximum Gasteiger partial charge on any atom is 0.221 e. The van der Waals surface area contributed by atoms with Crippen LogP contribution in [0.2, 0.25) is 0 Å². The van der Waals surface area contributed by atoms with Crippen molar-refractivity contribution in [2.24, 2.45) is 0 Å². The maximum atomic E-state index is 6.14. The summed E-state index contributed by atoms with van der Waals surface area (Å²) in [6.07, 6.45) is 5.22. The van der Waals surface area contributed by atoms with E-state index in [0.717, 1.165) is 36.3 Å². The molecule has 3 heteroatoms. The number of pyridine rings is 1. The summed E-state index contributed by atoms with van der Waals surface area (Å²) in [6.45, 7) is 0.770. The summed E-state index contributed by atoms with van der Waals surface area (Å²) >= 11 is 0. The monoisotopic (exact) mass is 256 g/mol. The first kappa shape index (κ1) is 12.4. The largest absolute Gasteiger partial charge is 0.474 e. The van der Waals surface area contributed by atoms with Gasteiger partial charge in [-0.1, -0.05) is 18.2 Å². The second-order valence-electron chi connectivity index (χ2n) is 5.19. The molecule has 0 spiro atoms. The lowest BCUT2D eigenvalue weighted by Gasteiger charge is -2.15. The van der Waals surface area contributed by atoms with Crippen LogP contribution in [0.3, 0.4) is 0 Å². The first-order valence-corrected chi connectivity index (χ1v) is 7.07. The molecule has 1 heterocycles. The molecule has 1 N–H and O–H groups in total. The van der Waals surface area contributed by atoms with Gasteiger partial charge in [-0.2, -0.15) is 0 Å². The molecule has 0 atom stereocenters. The number of fused-ring (bicyclic) bond motifs is 1. The number of aromatic nitrogens is 1. The van der Waals surface area contributed by atoms with E-state index in [9.17, 15) is 0 Å². The number of nitrogens with one attached hydrogen (secondary N) is 1. The highest BCUT2D eigenvalue weighted by molar-refractivity contribution is 5.87. The van der Waals surface area contributed by atoms with Crippen LogP contribution in [-0.2, 0) is 6.54 Å². The topological polar surface area (TPSA) is 34.1 Å². The zero-order valence-electron chi connectivity index (χ0n) is 11.4. The standard InChI is InChI=1S/C16H20N2O/c1-17-11-13-10-12-6-2-5-9-15(12)16(18-13)19-14-7-3-4-8-14/h2,5-6,9-10,14,17H,3-4,7-8,11H2,1H3. The second-order valence-corrected chi connectivity index (χ2v) is 5.19. The lowest BCUT2D eigenvalue weighted by atomic mass is 10.1. The smallest absolute Gasteiger partial charge is 0.221 e. The Balaban J connectivity index is 1.98. The lowest BCUT2D eigenvalue weighted by molar-refractivity contribution is 0.204. The van der Waals surface area contributed by atoms with Crippen molar-refractivity contribution in [3.8, 4) is 5.88 Å². The van der Waals surface area contributed by atoms with Crippen molar-refractivity contribution < 1.29 is 4.74 Å². The van der Waals surface area contributed by atoms with Crippen LogP contribution < -0.4 is 10.1 Å². The normalized spacial score (nSPS) is 16.1. The number of hydrogen-bond donors (Lipinski definition) is 1. The van der Waals surface area contributed by atoms with E-state index in [0.29, 0.717) is 6.10 Å². The Morgan fingerprint density at radius 1 is 1.26 bits per heavy atom. The van der Waals surface area contributed by atoms with Gasteiger partial charge in [-0.15, -0.1) is 0 Å². The number of ether oxygens (including phenoxy) is 1.